The average molecular weight is 551 g/mol. The normalized spacial score (nSPS) is 21.1. The first kappa shape index (κ1) is 27.6. The van der Waals surface area contributed by atoms with Gasteiger partial charge in [-0.2, -0.15) is 4.31 Å². The van der Waals surface area contributed by atoms with Crippen molar-refractivity contribution in [2.24, 2.45) is 0 Å². The summed E-state index contributed by atoms with van der Waals surface area (Å²) >= 11 is 0. The van der Waals surface area contributed by atoms with E-state index in [9.17, 15) is 23.2 Å². The van der Waals surface area contributed by atoms with Crippen LogP contribution in [0.3, 0.4) is 0 Å². The van der Waals surface area contributed by atoms with E-state index in [1.54, 1.807) is 29.7 Å². The Morgan fingerprint density at radius 1 is 1.11 bits per heavy atom. The molecular weight excluding hydrogens is 520 g/mol. The predicted molar refractivity (Wildman–Crippen MR) is 131 cm³/mol. The number of methoxy groups -OCH3 is 1. The number of carbonyl (C=O) groups is 2. The Morgan fingerprint density at radius 2 is 1.84 bits per heavy atom. The average Bonchev–Trinajstić information content (AvgIpc) is 3.23. The van der Waals surface area contributed by atoms with Crippen molar-refractivity contribution in [1.82, 2.24) is 19.7 Å². The van der Waals surface area contributed by atoms with E-state index in [4.69, 9.17) is 18.9 Å². The summed E-state index contributed by atoms with van der Waals surface area (Å²) in [5.74, 6) is 0.396. The Labute approximate surface area is 220 Å². The highest BCUT2D eigenvalue weighted by Gasteiger charge is 2.55. The molecule has 0 unspecified atom stereocenters. The molecule has 1 aromatic carbocycles. The number of fused-ring (bicyclic) bond motifs is 2. The number of aromatic nitrogens is 1. The Bertz CT molecular complexity index is 1220. The van der Waals surface area contributed by atoms with Crippen LogP contribution in [0.25, 0.3) is 0 Å². The highest BCUT2D eigenvalue weighted by atomic mass is 32.2. The van der Waals surface area contributed by atoms with E-state index in [1.807, 2.05) is 6.92 Å². The molecule has 13 nitrogen and oxygen atoms in total. The van der Waals surface area contributed by atoms with Crippen molar-refractivity contribution in [3.8, 4) is 17.4 Å². The summed E-state index contributed by atoms with van der Waals surface area (Å²) < 4.78 is 49.4. The summed E-state index contributed by atoms with van der Waals surface area (Å²) in [5, 5.41) is 9.38. The molecule has 0 aliphatic carbocycles. The lowest BCUT2D eigenvalue weighted by Gasteiger charge is -2.44. The summed E-state index contributed by atoms with van der Waals surface area (Å²) in [6.45, 7) is 2.47. The van der Waals surface area contributed by atoms with Crippen LogP contribution in [0.15, 0.2) is 47.5 Å². The number of carbonyl (C=O) groups excluding carboxylic acids is 2. The molecule has 2 saturated heterocycles. The van der Waals surface area contributed by atoms with Gasteiger partial charge in [0.2, 0.25) is 15.9 Å². The van der Waals surface area contributed by atoms with Crippen molar-refractivity contribution in [3.63, 3.8) is 0 Å². The second-order valence-corrected chi connectivity index (χ2v) is 10.5. The Kier molecular flexibility index (Phi) is 8.66. The number of ether oxygens (including phenoxy) is 4. The van der Waals surface area contributed by atoms with E-state index in [1.165, 1.54) is 24.1 Å². The molecule has 0 saturated carbocycles. The highest BCUT2D eigenvalue weighted by molar-refractivity contribution is 7.89. The molecule has 2 aliphatic heterocycles. The third-order valence-electron chi connectivity index (χ3n) is 6.39. The van der Waals surface area contributed by atoms with Crippen LogP contribution in [-0.2, 0) is 24.3 Å². The van der Waals surface area contributed by atoms with Crippen LogP contribution in [0, 0.1) is 0 Å². The molecule has 0 radical (unpaired) electrons. The number of pyridine rings is 1. The summed E-state index contributed by atoms with van der Waals surface area (Å²) in [6, 6.07) is 6.94. The maximum absolute atomic E-state index is 13.6. The van der Waals surface area contributed by atoms with Crippen LogP contribution in [0.5, 0.6) is 17.4 Å². The number of rotatable bonds is 10. The van der Waals surface area contributed by atoms with Crippen LogP contribution >= 0.6 is 0 Å². The number of nitrogens with zero attached hydrogens (tertiary/aromatic N) is 3. The first-order valence-electron chi connectivity index (χ1n) is 12.1. The van der Waals surface area contributed by atoms with E-state index >= 15 is 0 Å². The van der Waals surface area contributed by atoms with E-state index in [2.05, 4.69) is 4.98 Å². The SMILES string of the molecule is CCOc1ccc(Oc2ccc(S(=O)(=O)N3C[C@H]4CC[C@@H]([C@@H]3C(=O)NO)N4C(=O)OCCOC)cn2)cc1. The van der Waals surface area contributed by atoms with Gasteiger partial charge in [0.15, 0.2) is 0 Å². The third kappa shape index (κ3) is 5.67. The first-order valence-corrected chi connectivity index (χ1v) is 13.5. The van der Waals surface area contributed by atoms with Crippen molar-refractivity contribution in [2.75, 3.05) is 33.5 Å². The number of hydroxylamine groups is 1. The molecule has 2 amide bonds. The van der Waals surface area contributed by atoms with Crippen LogP contribution in [0.4, 0.5) is 4.79 Å². The molecule has 3 heterocycles. The fraction of sp³-hybridized carbons (Fsp3) is 0.458. The minimum absolute atomic E-state index is 0.0148. The van der Waals surface area contributed by atoms with Gasteiger partial charge in [-0.25, -0.2) is 23.7 Å². The number of nitrogens with one attached hydrogen (secondary N) is 1. The van der Waals surface area contributed by atoms with Gasteiger partial charge in [-0.15, -0.1) is 0 Å². The monoisotopic (exact) mass is 550 g/mol. The molecule has 2 aromatic rings. The van der Waals surface area contributed by atoms with Crippen LogP contribution < -0.4 is 15.0 Å². The molecule has 2 bridgehead atoms. The summed E-state index contributed by atoms with van der Waals surface area (Å²) in [6.07, 6.45) is 1.31. The van der Waals surface area contributed by atoms with Crippen molar-refractivity contribution < 1.29 is 42.2 Å². The molecule has 2 fully saturated rings. The van der Waals surface area contributed by atoms with Gasteiger partial charge in [-0.1, -0.05) is 0 Å². The number of hydrogen-bond donors (Lipinski definition) is 2. The fourth-order valence-electron chi connectivity index (χ4n) is 4.71. The molecule has 4 rings (SSSR count). The van der Waals surface area contributed by atoms with Crippen LogP contribution in [0.2, 0.25) is 0 Å². The zero-order valence-corrected chi connectivity index (χ0v) is 21.8. The molecule has 1 aromatic heterocycles. The third-order valence-corrected chi connectivity index (χ3v) is 8.22. The largest absolute Gasteiger partial charge is 0.494 e. The van der Waals surface area contributed by atoms with Gasteiger partial charge >= 0.3 is 6.09 Å². The van der Waals surface area contributed by atoms with E-state index in [0.717, 1.165) is 10.5 Å². The summed E-state index contributed by atoms with van der Waals surface area (Å²) in [4.78, 5) is 30.7. The molecule has 3 atom stereocenters. The number of amides is 2. The molecule has 38 heavy (non-hydrogen) atoms. The minimum Gasteiger partial charge on any atom is -0.494 e. The molecule has 0 spiro atoms. The molecule has 2 aliphatic rings. The van der Waals surface area contributed by atoms with Gasteiger partial charge in [0.05, 0.1) is 25.5 Å². The smallest absolute Gasteiger partial charge is 0.410 e. The summed E-state index contributed by atoms with van der Waals surface area (Å²) in [7, 11) is -2.77. The number of benzene rings is 1. The standard InChI is InChI=1S/C24H30N4O9S/c1-3-35-17-5-7-18(8-6-17)37-21-11-9-19(14-25-21)38(32,33)27-15-16-4-10-20(22(27)23(29)26-31)28(16)24(30)36-13-12-34-2/h5-9,11,14,16,20,22,31H,3-4,10,12-13,15H2,1-2H3,(H,26,29)/t16-,20+,22-/m1/s1. The van der Waals surface area contributed by atoms with E-state index in [0.29, 0.717) is 30.9 Å². The Balaban J connectivity index is 1.53. The fourth-order valence-corrected chi connectivity index (χ4v) is 6.31. The molecular formula is C24H30N4O9S. The minimum atomic E-state index is -4.24. The maximum Gasteiger partial charge on any atom is 0.410 e. The van der Waals surface area contributed by atoms with E-state index in [-0.39, 0.29) is 30.5 Å². The second-order valence-electron chi connectivity index (χ2n) is 8.65. The van der Waals surface area contributed by atoms with Gasteiger partial charge in [-0.05, 0) is 50.1 Å². The van der Waals surface area contributed by atoms with Crippen molar-refractivity contribution in [1.29, 1.82) is 0 Å². The zero-order chi connectivity index (χ0) is 27.3. The number of piperazine rings is 1. The Morgan fingerprint density at radius 3 is 2.47 bits per heavy atom. The lowest BCUT2D eigenvalue weighted by molar-refractivity contribution is -0.136. The quantitative estimate of drug-likeness (QED) is 0.254. The van der Waals surface area contributed by atoms with Crippen LogP contribution in [-0.4, -0.2) is 91.4 Å². The highest BCUT2D eigenvalue weighted by Crippen LogP contribution is 2.38. The molecule has 14 heteroatoms. The van der Waals surface area contributed by atoms with E-state index < -0.39 is 40.1 Å². The first-order chi connectivity index (χ1) is 18.3. The topological polar surface area (TPSA) is 157 Å². The van der Waals surface area contributed by atoms with Gasteiger partial charge in [-0.3, -0.25) is 14.9 Å². The number of sulfonamides is 1. The predicted octanol–water partition coefficient (Wildman–Crippen LogP) is 1.77. The maximum atomic E-state index is 13.6. The van der Waals surface area contributed by atoms with Gasteiger partial charge in [0, 0.05) is 25.8 Å². The van der Waals surface area contributed by atoms with Crippen molar-refractivity contribution >= 4 is 22.0 Å². The molecule has 206 valence electrons. The van der Waals surface area contributed by atoms with Gasteiger partial charge < -0.3 is 18.9 Å². The van der Waals surface area contributed by atoms with Gasteiger partial charge in [0.1, 0.15) is 29.0 Å². The van der Waals surface area contributed by atoms with Crippen LogP contribution in [0.1, 0.15) is 19.8 Å². The Hall–Kier alpha value is -3.46. The second kappa shape index (κ2) is 11.9. The van der Waals surface area contributed by atoms with Gasteiger partial charge in [0.25, 0.3) is 5.91 Å². The zero-order valence-electron chi connectivity index (χ0n) is 21.0. The lowest BCUT2D eigenvalue weighted by atomic mass is 10.1. The number of hydrogen-bond acceptors (Lipinski definition) is 10. The lowest BCUT2D eigenvalue weighted by Crippen LogP contribution is -2.66. The van der Waals surface area contributed by atoms with Crippen molar-refractivity contribution in [2.45, 2.75) is 42.8 Å². The summed E-state index contributed by atoms with van der Waals surface area (Å²) in [5.41, 5.74) is 1.54. The van der Waals surface area contributed by atoms with Crippen molar-refractivity contribution in [3.05, 3.63) is 42.6 Å². The molecule has 2 N–H and O–H groups in total.